The fourth-order valence-corrected chi connectivity index (χ4v) is 4.33. The summed E-state index contributed by atoms with van der Waals surface area (Å²) in [6.07, 6.45) is 3.73. The number of aryl methyl sites for hydroxylation is 3. The third kappa shape index (κ3) is 4.46. The van der Waals surface area contributed by atoms with Crippen molar-refractivity contribution in [3.8, 4) is 0 Å². The molecule has 0 saturated heterocycles. The van der Waals surface area contributed by atoms with Gasteiger partial charge in [0, 0.05) is 25.9 Å². The van der Waals surface area contributed by atoms with Crippen molar-refractivity contribution >= 4 is 17.4 Å². The Balaban J connectivity index is 1.25. The van der Waals surface area contributed by atoms with Crippen molar-refractivity contribution in [1.82, 2.24) is 24.7 Å². The monoisotopic (exact) mass is 471 g/mol. The molecule has 5 rings (SSSR count). The van der Waals surface area contributed by atoms with Gasteiger partial charge in [0.25, 0.3) is 0 Å². The number of carbonyl (C=O) groups is 1. The molecule has 178 valence electrons. The number of pyridine rings is 1. The van der Waals surface area contributed by atoms with Crippen molar-refractivity contribution in [2.45, 2.75) is 51.4 Å². The lowest BCUT2D eigenvalue weighted by Gasteiger charge is -2.35. The molecular formula is C23H24F3N7O. The Morgan fingerprint density at radius 2 is 1.91 bits per heavy atom. The number of rotatable bonds is 6. The highest BCUT2D eigenvalue weighted by molar-refractivity contribution is 6.03. The lowest BCUT2D eigenvalue weighted by molar-refractivity contribution is -0.141. The zero-order chi connectivity index (χ0) is 24.0. The molecule has 1 aliphatic carbocycles. The number of alkyl halides is 3. The van der Waals surface area contributed by atoms with E-state index >= 15 is 0 Å². The summed E-state index contributed by atoms with van der Waals surface area (Å²) in [7, 11) is 1.91. The highest BCUT2D eigenvalue weighted by atomic mass is 19.4. The van der Waals surface area contributed by atoms with Crippen molar-refractivity contribution in [3.63, 3.8) is 0 Å². The van der Waals surface area contributed by atoms with Gasteiger partial charge in [-0.1, -0.05) is 6.07 Å². The van der Waals surface area contributed by atoms with Crippen molar-refractivity contribution in [2.24, 2.45) is 5.92 Å². The highest BCUT2D eigenvalue weighted by Crippen LogP contribution is 2.41. The Hall–Kier alpha value is -3.50. The fourth-order valence-electron chi connectivity index (χ4n) is 4.33. The van der Waals surface area contributed by atoms with Crippen LogP contribution in [-0.2, 0) is 30.4 Å². The summed E-state index contributed by atoms with van der Waals surface area (Å²) in [5.41, 5.74) is 2.10. The van der Waals surface area contributed by atoms with E-state index in [4.69, 9.17) is 4.98 Å². The van der Waals surface area contributed by atoms with Crippen molar-refractivity contribution in [3.05, 3.63) is 59.1 Å². The normalized spacial score (nSPS) is 18.1. The maximum Gasteiger partial charge on any atom is 0.433 e. The van der Waals surface area contributed by atoms with Gasteiger partial charge in [-0.3, -0.25) is 14.5 Å². The van der Waals surface area contributed by atoms with Gasteiger partial charge < -0.3 is 10.2 Å². The van der Waals surface area contributed by atoms with Gasteiger partial charge in [-0.25, -0.2) is 9.97 Å². The van der Waals surface area contributed by atoms with E-state index in [2.05, 4.69) is 20.4 Å². The second-order valence-electron chi connectivity index (χ2n) is 8.90. The minimum absolute atomic E-state index is 0.00705. The molecule has 3 aromatic rings. The summed E-state index contributed by atoms with van der Waals surface area (Å²) in [6, 6.07) is 2.20. The second-order valence-corrected chi connectivity index (χ2v) is 8.90. The van der Waals surface area contributed by atoms with Gasteiger partial charge in [-0.15, -0.1) is 0 Å². The van der Waals surface area contributed by atoms with Crippen LogP contribution in [0.1, 0.15) is 41.2 Å². The zero-order valence-electron chi connectivity index (χ0n) is 18.8. The van der Waals surface area contributed by atoms with Crippen LogP contribution in [-0.4, -0.2) is 43.7 Å². The van der Waals surface area contributed by atoms with Crippen LogP contribution in [0.4, 0.5) is 24.7 Å². The van der Waals surface area contributed by atoms with Crippen molar-refractivity contribution in [1.29, 1.82) is 0 Å². The Kier molecular flexibility index (Phi) is 5.49. The van der Waals surface area contributed by atoms with Crippen molar-refractivity contribution < 1.29 is 18.0 Å². The maximum atomic E-state index is 12.7. The number of nitrogens with zero attached hydrogens (tertiary/aromatic N) is 6. The van der Waals surface area contributed by atoms with Crippen LogP contribution in [0.15, 0.2) is 30.7 Å². The van der Waals surface area contributed by atoms with E-state index < -0.39 is 11.9 Å². The second kappa shape index (κ2) is 8.37. The van der Waals surface area contributed by atoms with Crippen LogP contribution in [0, 0.1) is 12.8 Å². The van der Waals surface area contributed by atoms with Gasteiger partial charge in [-0.2, -0.15) is 18.3 Å². The van der Waals surface area contributed by atoms with Gasteiger partial charge >= 0.3 is 6.18 Å². The minimum atomic E-state index is -4.45. The van der Waals surface area contributed by atoms with Gasteiger partial charge in [-0.05, 0) is 49.3 Å². The predicted octanol–water partition coefficient (Wildman–Crippen LogP) is 3.40. The summed E-state index contributed by atoms with van der Waals surface area (Å²) in [5, 5.41) is 7.29. The number of halogens is 3. The molecule has 0 radical (unpaired) electrons. The minimum Gasteiger partial charge on any atom is -0.346 e. The molecule has 0 bridgehead atoms. The molecule has 34 heavy (non-hydrogen) atoms. The van der Waals surface area contributed by atoms with Crippen LogP contribution >= 0.6 is 0 Å². The van der Waals surface area contributed by atoms with Crippen LogP contribution in [0.3, 0.4) is 0 Å². The van der Waals surface area contributed by atoms with Gasteiger partial charge in [0.15, 0.2) is 5.82 Å². The molecule has 1 atom stereocenters. The highest BCUT2D eigenvalue weighted by Gasteiger charge is 2.43. The van der Waals surface area contributed by atoms with Crippen LogP contribution in [0.25, 0.3) is 0 Å². The summed E-state index contributed by atoms with van der Waals surface area (Å²) in [6.45, 7) is 2.19. The molecule has 0 aromatic carbocycles. The molecule has 1 saturated carbocycles. The van der Waals surface area contributed by atoms with Gasteiger partial charge in [0.1, 0.15) is 23.2 Å². The van der Waals surface area contributed by atoms with E-state index in [1.165, 1.54) is 12.3 Å². The number of anilines is 2. The molecule has 1 aliphatic heterocycles. The Labute approximate surface area is 194 Å². The maximum absolute atomic E-state index is 12.7. The molecule has 1 amide bonds. The lowest BCUT2D eigenvalue weighted by atomic mass is 10.1. The number of hydrogen-bond donors (Lipinski definition) is 1. The van der Waals surface area contributed by atoms with E-state index in [9.17, 15) is 18.0 Å². The average Bonchev–Trinajstić information content (AvgIpc) is 3.51. The first kappa shape index (κ1) is 22.3. The standard InChI is InChI=1S/C23H24F3N7O/c1-13-19-21(32(2)20(16-5-6-16)22(34)31-19)30-18(29-13)8-4-15-10-28-33(12-15)11-14-3-7-17(27-9-14)23(24,25)26/h3,7,9-10,12,16,20H,4-6,8,11H2,1-2H3,(H,31,34)/t20-/m0/s1. The first-order chi connectivity index (χ1) is 16.2. The Bertz CT molecular complexity index is 1220. The van der Waals surface area contributed by atoms with Crippen LogP contribution in [0.2, 0.25) is 0 Å². The quantitative estimate of drug-likeness (QED) is 0.593. The van der Waals surface area contributed by atoms with Gasteiger partial charge in [0.05, 0.1) is 18.4 Å². The molecule has 2 aliphatic rings. The summed E-state index contributed by atoms with van der Waals surface area (Å²) in [5.74, 6) is 1.83. The smallest absolute Gasteiger partial charge is 0.346 e. The molecule has 4 heterocycles. The molecule has 0 spiro atoms. The van der Waals surface area contributed by atoms with Crippen LogP contribution < -0.4 is 10.2 Å². The first-order valence-corrected chi connectivity index (χ1v) is 11.1. The zero-order valence-corrected chi connectivity index (χ0v) is 18.8. The van der Waals surface area contributed by atoms with Crippen LogP contribution in [0.5, 0.6) is 0 Å². The van der Waals surface area contributed by atoms with E-state index in [0.717, 1.165) is 36.0 Å². The Morgan fingerprint density at radius 3 is 2.59 bits per heavy atom. The number of fused-ring (bicyclic) bond motifs is 1. The lowest BCUT2D eigenvalue weighted by Crippen LogP contribution is -2.48. The largest absolute Gasteiger partial charge is 0.433 e. The van der Waals surface area contributed by atoms with E-state index in [0.29, 0.717) is 42.4 Å². The SMILES string of the molecule is Cc1nc(CCc2cnn(Cc3ccc(C(F)(F)F)nc3)c2)nc2c1NC(=O)[C@H](C1CC1)N2C. The van der Waals surface area contributed by atoms with E-state index in [1.807, 2.05) is 25.1 Å². The summed E-state index contributed by atoms with van der Waals surface area (Å²) in [4.78, 5) is 27.3. The number of likely N-dealkylation sites (N-methyl/N-ethyl adjacent to an activating group) is 1. The molecule has 1 N–H and O–H groups in total. The number of carbonyl (C=O) groups excluding carboxylic acids is 1. The predicted molar refractivity (Wildman–Crippen MR) is 118 cm³/mol. The number of aromatic nitrogens is 5. The summed E-state index contributed by atoms with van der Waals surface area (Å²) < 4.78 is 39.7. The molecule has 0 unspecified atom stereocenters. The third-order valence-electron chi connectivity index (χ3n) is 6.24. The topological polar surface area (TPSA) is 88.8 Å². The summed E-state index contributed by atoms with van der Waals surface area (Å²) >= 11 is 0. The average molecular weight is 471 g/mol. The molecule has 8 nitrogen and oxygen atoms in total. The molecule has 3 aromatic heterocycles. The third-order valence-corrected chi connectivity index (χ3v) is 6.24. The van der Waals surface area contributed by atoms with E-state index in [1.54, 1.807) is 10.9 Å². The molecule has 11 heteroatoms. The Morgan fingerprint density at radius 1 is 1.12 bits per heavy atom. The number of hydrogen-bond acceptors (Lipinski definition) is 6. The fraction of sp³-hybridized carbons (Fsp3) is 0.435. The number of amides is 1. The van der Waals surface area contributed by atoms with Crippen molar-refractivity contribution in [2.75, 3.05) is 17.3 Å². The van der Waals surface area contributed by atoms with E-state index in [-0.39, 0.29) is 11.9 Å². The molecular weight excluding hydrogens is 447 g/mol. The van der Waals surface area contributed by atoms with Gasteiger partial charge in [0.2, 0.25) is 5.91 Å². The first-order valence-electron chi connectivity index (χ1n) is 11.1. The molecule has 1 fully saturated rings. The number of nitrogens with one attached hydrogen (secondary N) is 1.